The normalized spacial score (nSPS) is 13.2. The monoisotopic (exact) mass is 567 g/mol. The van der Waals surface area contributed by atoms with Gasteiger partial charge in [0.1, 0.15) is 18.1 Å². The van der Waals surface area contributed by atoms with E-state index in [2.05, 4.69) is 50.9 Å². The van der Waals surface area contributed by atoms with Gasteiger partial charge in [-0.2, -0.15) is 5.10 Å². The zero-order chi connectivity index (χ0) is 29.6. The van der Waals surface area contributed by atoms with Crippen LogP contribution in [0.25, 0.3) is 10.5 Å². The predicted molar refractivity (Wildman–Crippen MR) is 169 cm³/mol. The second-order valence-electron chi connectivity index (χ2n) is 10.9. The summed E-state index contributed by atoms with van der Waals surface area (Å²) in [4.78, 5) is 17.0. The molecule has 1 saturated carbocycles. The third-order valence-electron chi connectivity index (χ3n) is 7.51. The second kappa shape index (κ2) is 12.8. The summed E-state index contributed by atoms with van der Waals surface area (Å²) in [6.45, 7) is 10.6. The van der Waals surface area contributed by atoms with Gasteiger partial charge in [-0.25, -0.2) is 9.53 Å². The van der Waals surface area contributed by atoms with E-state index in [0.29, 0.717) is 41.0 Å². The molecule has 5 aromatic rings. The highest BCUT2D eigenvalue weighted by Gasteiger charge is 2.24. The number of ether oxygens (including phenoxy) is 1. The van der Waals surface area contributed by atoms with Crippen molar-refractivity contribution in [2.45, 2.75) is 32.4 Å². The molecule has 7 heteroatoms. The van der Waals surface area contributed by atoms with Crippen molar-refractivity contribution in [3.63, 3.8) is 0 Å². The minimum absolute atomic E-state index is 0.0373. The molecule has 0 spiro atoms. The summed E-state index contributed by atoms with van der Waals surface area (Å²) in [5, 5.41) is 11.3. The number of anilines is 1. The van der Waals surface area contributed by atoms with Crippen LogP contribution in [0.3, 0.4) is 0 Å². The Morgan fingerprint density at radius 1 is 0.953 bits per heavy atom. The first-order chi connectivity index (χ1) is 21.1. The fourth-order valence-electron chi connectivity index (χ4n) is 5.08. The minimum Gasteiger partial charge on any atom is -0.489 e. The molecule has 2 N–H and O–H groups in total. The SMILES string of the molecule is [C-]#[N+]c1cccc(-n2nc(C)cc2C(=O)Nc2cccc(C(NCC3CC3)c3ccc(OCc4ccccc4)cc3)c2)c1. The van der Waals surface area contributed by atoms with Crippen molar-refractivity contribution in [1.29, 1.82) is 0 Å². The standard InChI is InChI=1S/C36H33N5O2/c1-25-20-34(41(40-25)32-13-7-11-30(22-32)37-2)36(42)39-31-12-6-10-29(21-31)35(38-23-26-14-15-26)28-16-18-33(19-17-28)43-24-27-8-4-3-5-9-27/h3-13,16-22,26,35,38H,14-15,23-24H2,1H3,(H,39,42). The van der Waals surface area contributed by atoms with Crippen LogP contribution < -0.4 is 15.4 Å². The highest BCUT2D eigenvalue weighted by Crippen LogP contribution is 2.31. The van der Waals surface area contributed by atoms with Gasteiger partial charge in [0.15, 0.2) is 5.69 Å². The van der Waals surface area contributed by atoms with Crippen LogP contribution >= 0.6 is 0 Å². The van der Waals surface area contributed by atoms with E-state index in [9.17, 15) is 4.79 Å². The first-order valence-corrected chi connectivity index (χ1v) is 14.5. The summed E-state index contributed by atoms with van der Waals surface area (Å²) in [6, 6.07) is 35.2. The van der Waals surface area contributed by atoms with Crippen LogP contribution in [0.2, 0.25) is 0 Å². The summed E-state index contributed by atoms with van der Waals surface area (Å²) in [7, 11) is 0. The first kappa shape index (κ1) is 28.0. The van der Waals surface area contributed by atoms with E-state index in [-0.39, 0.29) is 11.9 Å². The van der Waals surface area contributed by atoms with E-state index < -0.39 is 0 Å². The Morgan fingerprint density at radius 3 is 2.51 bits per heavy atom. The van der Waals surface area contributed by atoms with Crippen LogP contribution in [0.4, 0.5) is 11.4 Å². The number of hydrogen-bond donors (Lipinski definition) is 2. The smallest absolute Gasteiger partial charge is 0.274 e. The van der Waals surface area contributed by atoms with Gasteiger partial charge in [-0.1, -0.05) is 66.7 Å². The molecule has 43 heavy (non-hydrogen) atoms. The van der Waals surface area contributed by atoms with Gasteiger partial charge in [0.25, 0.3) is 5.91 Å². The number of benzene rings is 4. The third kappa shape index (κ3) is 7.00. The maximum absolute atomic E-state index is 13.5. The van der Waals surface area contributed by atoms with E-state index in [1.165, 1.54) is 12.8 Å². The zero-order valence-corrected chi connectivity index (χ0v) is 24.0. The molecule has 0 bridgehead atoms. The van der Waals surface area contributed by atoms with Crippen LogP contribution in [0.1, 0.15) is 51.8 Å². The van der Waals surface area contributed by atoms with Gasteiger partial charge in [-0.3, -0.25) is 4.79 Å². The number of rotatable bonds is 11. The Hall–Kier alpha value is -5.19. The Balaban J connectivity index is 1.21. The Morgan fingerprint density at radius 2 is 1.74 bits per heavy atom. The summed E-state index contributed by atoms with van der Waals surface area (Å²) in [5.41, 5.74) is 6.29. The van der Waals surface area contributed by atoms with Gasteiger partial charge in [0.05, 0.1) is 24.0 Å². The van der Waals surface area contributed by atoms with Crippen LogP contribution in [0.5, 0.6) is 5.75 Å². The largest absolute Gasteiger partial charge is 0.489 e. The van der Waals surface area contributed by atoms with Gasteiger partial charge < -0.3 is 15.4 Å². The van der Waals surface area contributed by atoms with Crippen molar-refractivity contribution in [2.24, 2.45) is 5.92 Å². The molecule has 6 rings (SSSR count). The van der Waals surface area contributed by atoms with Crippen LogP contribution in [0.15, 0.2) is 109 Å². The lowest BCUT2D eigenvalue weighted by Gasteiger charge is -2.21. The molecule has 214 valence electrons. The summed E-state index contributed by atoms with van der Waals surface area (Å²) < 4.78 is 7.60. The number of aryl methyl sites for hydroxylation is 1. The molecule has 0 aliphatic heterocycles. The Kier molecular flexibility index (Phi) is 8.30. The van der Waals surface area contributed by atoms with Gasteiger partial charge in [0, 0.05) is 5.69 Å². The summed E-state index contributed by atoms with van der Waals surface area (Å²) >= 11 is 0. The topological polar surface area (TPSA) is 72.5 Å². The molecule has 1 aromatic heterocycles. The van der Waals surface area contributed by atoms with Gasteiger partial charge in [0.2, 0.25) is 0 Å². The van der Waals surface area contributed by atoms with Crippen molar-refractivity contribution in [3.05, 3.63) is 149 Å². The molecule has 4 aromatic carbocycles. The highest BCUT2D eigenvalue weighted by molar-refractivity contribution is 6.03. The molecular formula is C36H33N5O2. The lowest BCUT2D eigenvalue weighted by Crippen LogP contribution is -2.25. The molecule has 0 saturated heterocycles. The average Bonchev–Trinajstić information content (AvgIpc) is 3.79. The molecule has 7 nitrogen and oxygen atoms in total. The third-order valence-corrected chi connectivity index (χ3v) is 7.51. The number of aromatic nitrogens is 2. The molecule has 1 atom stereocenters. The summed E-state index contributed by atoms with van der Waals surface area (Å²) in [5.74, 6) is 1.26. The predicted octanol–water partition coefficient (Wildman–Crippen LogP) is 7.65. The van der Waals surface area contributed by atoms with Crippen molar-refractivity contribution in [3.8, 4) is 11.4 Å². The van der Waals surface area contributed by atoms with E-state index in [1.807, 2.05) is 61.5 Å². The highest BCUT2D eigenvalue weighted by atomic mass is 16.5. The van der Waals surface area contributed by atoms with Gasteiger partial charge >= 0.3 is 0 Å². The Labute approximate surface area is 252 Å². The van der Waals surface area contributed by atoms with Crippen molar-refractivity contribution in [2.75, 3.05) is 11.9 Å². The minimum atomic E-state index is -0.270. The number of carbonyl (C=O) groups excluding carboxylic acids is 1. The molecule has 1 aliphatic carbocycles. The number of nitrogens with one attached hydrogen (secondary N) is 2. The van der Waals surface area contributed by atoms with Crippen LogP contribution in [-0.2, 0) is 6.61 Å². The lowest BCUT2D eigenvalue weighted by atomic mass is 9.97. The number of carbonyl (C=O) groups is 1. The molecule has 0 radical (unpaired) electrons. The summed E-state index contributed by atoms with van der Waals surface area (Å²) in [6.07, 6.45) is 2.52. The molecule has 1 aliphatic rings. The van der Waals surface area contributed by atoms with Crippen molar-refractivity contribution in [1.82, 2.24) is 15.1 Å². The fourth-order valence-corrected chi connectivity index (χ4v) is 5.08. The number of amides is 1. The van der Waals surface area contributed by atoms with Gasteiger partial charge in [-0.15, -0.1) is 0 Å². The molecular weight excluding hydrogens is 534 g/mol. The maximum atomic E-state index is 13.5. The maximum Gasteiger partial charge on any atom is 0.274 e. The Bertz CT molecular complexity index is 1750. The van der Waals surface area contributed by atoms with Crippen molar-refractivity contribution < 1.29 is 9.53 Å². The number of nitrogens with zero attached hydrogens (tertiary/aromatic N) is 3. The van der Waals surface area contributed by atoms with E-state index in [1.54, 1.807) is 28.9 Å². The second-order valence-corrected chi connectivity index (χ2v) is 10.9. The van der Waals surface area contributed by atoms with Crippen LogP contribution in [0, 0.1) is 19.4 Å². The first-order valence-electron chi connectivity index (χ1n) is 14.5. The van der Waals surface area contributed by atoms with Gasteiger partial charge in [-0.05, 0) is 91.4 Å². The number of hydrogen-bond acceptors (Lipinski definition) is 4. The fraction of sp³-hybridized carbons (Fsp3) is 0.194. The van der Waals surface area contributed by atoms with E-state index in [0.717, 1.165) is 29.0 Å². The molecule has 1 fully saturated rings. The molecule has 1 unspecified atom stereocenters. The zero-order valence-electron chi connectivity index (χ0n) is 24.0. The van der Waals surface area contributed by atoms with E-state index in [4.69, 9.17) is 11.3 Å². The van der Waals surface area contributed by atoms with E-state index >= 15 is 0 Å². The quantitative estimate of drug-likeness (QED) is 0.161. The van der Waals surface area contributed by atoms with Crippen molar-refractivity contribution >= 4 is 17.3 Å². The lowest BCUT2D eigenvalue weighted by molar-refractivity contribution is 0.101. The van der Waals surface area contributed by atoms with Crippen LogP contribution in [-0.4, -0.2) is 22.2 Å². The average molecular weight is 568 g/mol. The molecule has 1 heterocycles. The molecule has 1 amide bonds.